The minimum absolute atomic E-state index is 0.0296. The van der Waals surface area contributed by atoms with Gasteiger partial charge >= 0.3 is 0 Å². The first kappa shape index (κ1) is 11.1. The summed E-state index contributed by atoms with van der Waals surface area (Å²) in [4.78, 5) is 13.8. The van der Waals surface area contributed by atoms with Crippen LogP contribution in [0.2, 0.25) is 0 Å². The molecule has 1 aromatic rings. The van der Waals surface area contributed by atoms with Gasteiger partial charge in [-0.2, -0.15) is 0 Å². The Bertz CT molecular complexity index is 391. The van der Waals surface area contributed by atoms with Gasteiger partial charge in [-0.15, -0.1) is 11.8 Å². The summed E-state index contributed by atoms with van der Waals surface area (Å²) in [5, 5.41) is 3.56. The molecule has 2 fully saturated rings. The summed E-state index contributed by atoms with van der Waals surface area (Å²) >= 11 is 1.88. The quantitative estimate of drug-likeness (QED) is 0.757. The molecule has 2 saturated heterocycles. The van der Waals surface area contributed by atoms with Gasteiger partial charge in [-0.25, -0.2) is 0 Å². The molecule has 2 aliphatic heterocycles. The van der Waals surface area contributed by atoms with Crippen LogP contribution in [0.1, 0.15) is 23.4 Å². The van der Waals surface area contributed by atoms with E-state index in [1.807, 2.05) is 16.7 Å². The molecule has 0 aliphatic carbocycles. The lowest BCUT2D eigenvalue weighted by molar-refractivity contribution is 0.00254. The number of carbonyl (C=O) groups is 1. The third kappa shape index (κ3) is 2.07. The van der Waals surface area contributed by atoms with E-state index in [4.69, 9.17) is 9.26 Å². The lowest BCUT2D eigenvalue weighted by Gasteiger charge is -2.37. The van der Waals surface area contributed by atoms with Gasteiger partial charge in [0.05, 0.1) is 12.8 Å². The van der Waals surface area contributed by atoms with Gasteiger partial charge < -0.3 is 14.2 Å². The average molecular weight is 254 g/mol. The molecule has 1 amide bonds. The van der Waals surface area contributed by atoms with Crippen molar-refractivity contribution in [3.05, 3.63) is 18.0 Å². The number of piperidine rings is 1. The van der Waals surface area contributed by atoms with E-state index in [1.165, 1.54) is 6.20 Å². The van der Waals surface area contributed by atoms with Crippen molar-refractivity contribution in [1.82, 2.24) is 10.1 Å². The van der Waals surface area contributed by atoms with Crippen LogP contribution in [0, 0.1) is 0 Å². The largest absolute Gasteiger partial charge is 0.363 e. The summed E-state index contributed by atoms with van der Waals surface area (Å²) in [6.45, 7) is 2.29. The maximum Gasteiger partial charge on any atom is 0.292 e. The van der Waals surface area contributed by atoms with Crippen LogP contribution in [0.25, 0.3) is 0 Å². The minimum atomic E-state index is -0.0691. The van der Waals surface area contributed by atoms with Crippen LogP contribution in [-0.4, -0.2) is 46.3 Å². The predicted octanol–water partition coefficient (Wildman–Crippen LogP) is 1.37. The van der Waals surface area contributed by atoms with Crippen LogP contribution in [0.3, 0.4) is 0 Å². The lowest BCUT2D eigenvalue weighted by Crippen LogP contribution is -2.45. The van der Waals surface area contributed by atoms with E-state index in [1.54, 1.807) is 6.07 Å². The molecule has 17 heavy (non-hydrogen) atoms. The monoisotopic (exact) mass is 254 g/mol. The minimum Gasteiger partial charge on any atom is -0.363 e. The average Bonchev–Trinajstić information content (AvgIpc) is 3.01. The molecule has 0 saturated carbocycles. The Morgan fingerprint density at radius 1 is 1.47 bits per heavy atom. The highest BCUT2D eigenvalue weighted by atomic mass is 32.2. The Hall–Kier alpha value is -1.01. The number of amides is 1. The molecule has 3 rings (SSSR count). The number of likely N-dealkylation sites (tertiary alicyclic amines) is 1. The van der Waals surface area contributed by atoms with Gasteiger partial charge in [0.15, 0.2) is 0 Å². The van der Waals surface area contributed by atoms with Gasteiger partial charge in [0, 0.05) is 37.8 Å². The molecule has 0 atom stereocenters. The van der Waals surface area contributed by atoms with E-state index in [-0.39, 0.29) is 10.8 Å². The van der Waals surface area contributed by atoms with Gasteiger partial charge in [-0.3, -0.25) is 4.79 Å². The van der Waals surface area contributed by atoms with Crippen molar-refractivity contribution < 1.29 is 14.1 Å². The SMILES string of the molecule is O=C(c1ccno1)N1CCC2(CC1)OCCS2. The highest BCUT2D eigenvalue weighted by molar-refractivity contribution is 8.00. The Morgan fingerprint density at radius 3 is 2.88 bits per heavy atom. The van der Waals surface area contributed by atoms with Crippen molar-refractivity contribution in [2.75, 3.05) is 25.4 Å². The fourth-order valence-corrected chi connectivity index (χ4v) is 3.49. The van der Waals surface area contributed by atoms with Gasteiger partial charge in [-0.05, 0) is 0 Å². The van der Waals surface area contributed by atoms with Crippen molar-refractivity contribution >= 4 is 17.7 Å². The summed E-state index contributed by atoms with van der Waals surface area (Å²) in [7, 11) is 0. The Morgan fingerprint density at radius 2 is 2.29 bits per heavy atom. The fraction of sp³-hybridized carbons (Fsp3) is 0.636. The van der Waals surface area contributed by atoms with Crippen LogP contribution in [0.4, 0.5) is 0 Å². The van der Waals surface area contributed by atoms with Gasteiger partial charge in [-0.1, -0.05) is 5.16 Å². The van der Waals surface area contributed by atoms with Crippen molar-refractivity contribution in [2.24, 2.45) is 0 Å². The number of hydrogen-bond donors (Lipinski definition) is 0. The summed E-state index contributed by atoms with van der Waals surface area (Å²) in [5.41, 5.74) is 0. The van der Waals surface area contributed by atoms with Crippen LogP contribution in [0.15, 0.2) is 16.8 Å². The van der Waals surface area contributed by atoms with Crippen molar-refractivity contribution in [3.8, 4) is 0 Å². The second kappa shape index (κ2) is 4.34. The lowest BCUT2D eigenvalue weighted by atomic mass is 10.1. The molecule has 92 valence electrons. The van der Waals surface area contributed by atoms with Gasteiger partial charge in [0.1, 0.15) is 4.93 Å². The number of hydrogen-bond acceptors (Lipinski definition) is 5. The third-order valence-corrected chi connectivity index (χ3v) is 4.70. The van der Waals surface area contributed by atoms with Crippen LogP contribution in [0.5, 0.6) is 0 Å². The van der Waals surface area contributed by atoms with Crippen LogP contribution < -0.4 is 0 Å². The summed E-state index contributed by atoms with van der Waals surface area (Å²) < 4.78 is 10.7. The molecule has 0 N–H and O–H groups in total. The highest BCUT2D eigenvalue weighted by Gasteiger charge is 2.40. The first-order valence-electron chi connectivity index (χ1n) is 5.77. The van der Waals surface area contributed by atoms with Crippen molar-refractivity contribution in [1.29, 1.82) is 0 Å². The second-order valence-electron chi connectivity index (χ2n) is 4.28. The van der Waals surface area contributed by atoms with E-state index in [0.29, 0.717) is 5.76 Å². The Balaban J connectivity index is 1.63. The summed E-state index contributed by atoms with van der Waals surface area (Å²) in [6.07, 6.45) is 3.30. The van der Waals surface area contributed by atoms with E-state index < -0.39 is 0 Å². The number of nitrogens with zero attached hydrogens (tertiary/aromatic N) is 2. The standard InChI is InChI=1S/C11H14N2O3S/c14-10(9-1-4-12-16-9)13-5-2-11(3-6-13)15-7-8-17-11/h1,4H,2-3,5-8H2. The topological polar surface area (TPSA) is 55.6 Å². The zero-order chi connectivity index (χ0) is 11.7. The number of ether oxygens (including phenoxy) is 1. The molecule has 0 aromatic carbocycles. The molecule has 0 radical (unpaired) electrons. The zero-order valence-electron chi connectivity index (χ0n) is 9.42. The molecular weight excluding hydrogens is 240 g/mol. The van der Waals surface area contributed by atoms with Gasteiger partial charge in [0.2, 0.25) is 5.76 Å². The molecule has 5 nitrogen and oxygen atoms in total. The number of aromatic nitrogens is 1. The normalized spacial score (nSPS) is 23.2. The maximum atomic E-state index is 12.0. The third-order valence-electron chi connectivity index (χ3n) is 3.27. The molecule has 0 unspecified atom stereocenters. The second-order valence-corrected chi connectivity index (χ2v) is 5.72. The summed E-state index contributed by atoms with van der Waals surface area (Å²) in [6, 6.07) is 1.60. The van der Waals surface area contributed by atoms with E-state index >= 15 is 0 Å². The number of thioether (sulfide) groups is 1. The Kier molecular flexibility index (Phi) is 2.84. The first-order chi connectivity index (χ1) is 8.29. The molecule has 3 heterocycles. The van der Waals surface area contributed by atoms with Gasteiger partial charge in [0.25, 0.3) is 5.91 Å². The number of carbonyl (C=O) groups excluding carboxylic acids is 1. The Labute approximate surface area is 103 Å². The van der Waals surface area contributed by atoms with E-state index in [2.05, 4.69) is 5.16 Å². The summed E-state index contributed by atoms with van der Waals surface area (Å²) in [5.74, 6) is 1.32. The smallest absolute Gasteiger partial charge is 0.292 e. The van der Waals surface area contributed by atoms with Crippen molar-refractivity contribution in [2.45, 2.75) is 17.8 Å². The van der Waals surface area contributed by atoms with E-state index in [0.717, 1.165) is 38.3 Å². The number of rotatable bonds is 1. The molecule has 6 heteroatoms. The highest BCUT2D eigenvalue weighted by Crippen LogP contribution is 2.41. The van der Waals surface area contributed by atoms with Crippen molar-refractivity contribution in [3.63, 3.8) is 0 Å². The maximum absolute atomic E-state index is 12.0. The molecular formula is C11H14N2O3S. The fourth-order valence-electron chi connectivity index (χ4n) is 2.32. The van der Waals surface area contributed by atoms with E-state index in [9.17, 15) is 4.79 Å². The molecule has 0 bridgehead atoms. The predicted molar refractivity (Wildman–Crippen MR) is 62.8 cm³/mol. The molecule has 2 aliphatic rings. The zero-order valence-corrected chi connectivity index (χ0v) is 10.2. The first-order valence-corrected chi connectivity index (χ1v) is 6.76. The van der Waals surface area contributed by atoms with Crippen LogP contribution in [-0.2, 0) is 4.74 Å². The molecule has 1 aromatic heterocycles. The molecule has 1 spiro atoms. The van der Waals surface area contributed by atoms with Crippen LogP contribution >= 0.6 is 11.8 Å².